The van der Waals surface area contributed by atoms with Crippen LogP contribution in [0.1, 0.15) is 29.8 Å². The maximum atomic E-state index is 12.4. The molecule has 1 saturated heterocycles. The molecule has 5 heteroatoms. The Kier molecular flexibility index (Phi) is 4.90. The molecular formula is C19H20N2O2S. The molecule has 2 aromatic carbocycles. The molecule has 4 nitrogen and oxygen atoms in total. The topological polar surface area (TPSA) is 49.4 Å². The van der Waals surface area contributed by atoms with Crippen LogP contribution in [0.3, 0.4) is 0 Å². The molecule has 0 spiro atoms. The summed E-state index contributed by atoms with van der Waals surface area (Å²) < 4.78 is 0. The van der Waals surface area contributed by atoms with Crippen LogP contribution in [0.4, 0.5) is 11.4 Å². The van der Waals surface area contributed by atoms with Crippen LogP contribution in [-0.4, -0.2) is 17.6 Å². The number of carbonyl (C=O) groups is 2. The average Bonchev–Trinajstić information content (AvgIpc) is 2.96. The van der Waals surface area contributed by atoms with E-state index in [1.807, 2.05) is 67.3 Å². The van der Waals surface area contributed by atoms with Crippen molar-refractivity contribution in [3.63, 3.8) is 0 Å². The lowest BCUT2D eigenvalue weighted by Crippen LogP contribution is -2.27. The van der Waals surface area contributed by atoms with E-state index in [2.05, 4.69) is 5.32 Å². The van der Waals surface area contributed by atoms with Crippen molar-refractivity contribution < 1.29 is 9.59 Å². The highest BCUT2D eigenvalue weighted by molar-refractivity contribution is 8.00. The minimum absolute atomic E-state index is 0.0159. The van der Waals surface area contributed by atoms with Crippen LogP contribution in [0.5, 0.6) is 0 Å². The molecule has 2 amide bonds. The van der Waals surface area contributed by atoms with Crippen LogP contribution in [0.2, 0.25) is 0 Å². The highest BCUT2D eigenvalue weighted by atomic mass is 32.2. The van der Waals surface area contributed by atoms with Gasteiger partial charge in [0.2, 0.25) is 11.8 Å². The van der Waals surface area contributed by atoms with E-state index in [9.17, 15) is 9.59 Å². The van der Waals surface area contributed by atoms with Gasteiger partial charge in [0.1, 0.15) is 5.37 Å². The van der Waals surface area contributed by atoms with E-state index in [0.717, 1.165) is 22.5 Å². The van der Waals surface area contributed by atoms with Crippen molar-refractivity contribution in [2.75, 3.05) is 16.0 Å². The largest absolute Gasteiger partial charge is 0.326 e. The molecule has 0 aliphatic carbocycles. The summed E-state index contributed by atoms with van der Waals surface area (Å²) in [4.78, 5) is 25.9. The predicted octanol–water partition coefficient (Wildman–Crippen LogP) is 4.12. The third kappa shape index (κ3) is 3.46. The predicted molar refractivity (Wildman–Crippen MR) is 99.2 cm³/mol. The molecule has 0 saturated carbocycles. The molecule has 1 N–H and O–H groups in total. The Morgan fingerprint density at radius 1 is 1.25 bits per heavy atom. The molecule has 1 atom stereocenters. The molecule has 1 aliphatic heterocycles. The number of benzene rings is 2. The minimum Gasteiger partial charge on any atom is -0.326 e. The lowest BCUT2D eigenvalue weighted by Gasteiger charge is -2.25. The van der Waals surface area contributed by atoms with Gasteiger partial charge < -0.3 is 5.32 Å². The van der Waals surface area contributed by atoms with Gasteiger partial charge in [-0.1, -0.05) is 31.2 Å². The monoisotopic (exact) mass is 340 g/mol. The van der Waals surface area contributed by atoms with Gasteiger partial charge in [0.25, 0.3) is 0 Å². The first-order valence-corrected chi connectivity index (χ1v) is 9.03. The highest BCUT2D eigenvalue weighted by Gasteiger charge is 2.34. The van der Waals surface area contributed by atoms with Crippen molar-refractivity contribution >= 4 is 35.0 Å². The zero-order chi connectivity index (χ0) is 17.1. The Bertz CT molecular complexity index is 775. The fraction of sp³-hybridized carbons (Fsp3) is 0.263. The van der Waals surface area contributed by atoms with E-state index >= 15 is 0 Å². The first kappa shape index (κ1) is 16.6. The first-order chi connectivity index (χ1) is 11.6. The van der Waals surface area contributed by atoms with Crippen molar-refractivity contribution in [1.82, 2.24) is 0 Å². The molecular weight excluding hydrogens is 320 g/mol. The van der Waals surface area contributed by atoms with Gasteiger partial charge >= 0.3 is 0 Å². The molecule has 1 fully saturated rings. The van der Waals surface area contributed by atoms with E-state index in [1.54, 1.807) is 11.8 Å². The van der Waals surface area contributed by atoms with Gasteiger partial charge in [0.15, 0.2) is 0 Å². The highest BCUT2D eigenvalue weighted by Crippen LogP contribution is 2.42. The molecule has 1 unspecified atom stereocenters. The Morgan fingerprint density at radius 3 is 2.79 bits per heavy atom. The maximum absolute atomic E-state index is 12.4. The second-order valence-electron chi connectivity index (χ2n) is 5.79. The van der Waals surface area contributed by atoms with Crippen molar-refractivity contribution in [3.05, 3.63) is 59.7 Å². The van der Waals surface area contributed by atoms with Gasteiger partial charge in [-0.05, 0) is 42.3 Å². The number of nitrogens with one attached hydrogen (secondary N) is 1. The standard InChI is InChI=1S/C19H20N2O2S/c1-3-17(22)20-15-8-5-7-14(11-15)19-21(18(23)12-24-19)16-9-4-6-13(2)10-16/h4-11,19H,3,12H2,1-2H3,(H,20,22). The third-order valence-corrected chi connectivity index (χ3v) is 5.14. The Hall–Kier alpha value is -2.27. The van der Waals surface area contributed by atoms with Gasteiger partial charge in [-0.15, -0.1) is 11.8 Å². The molecule has 124 valence electrons. The summed E-state index contributed by atoms with van der Waals surface area (Å²) in [6.45, 7) is 3.84. The molecule has 24 heavy (non-hydrogen) atoms. The number of anilines is 2. The molecule has 3 rings (SSSR count). The second kappa shape index (κ2) is 7.09. The SMILES string of the molecule is CCC(=O)Nc1cccc(C2SCC(=O)N2c2cccc(C)c2)c1. The molecule has 0 radical (unpaired) electrons. The summed E-state index contributed by atoms with van der Waals surface area (Å²) in [6, 6.07) is 15.7. The van der Waals surface area contributed by atoms with Crippen molar-refractivity contribution in [3.8, 4) is 0 Å². The van der Waals surface area contributed by atoms with Crippen molar-refractivity contribution in [1.29, 1.82) is 0 Å². The van der Waals surface area contributed by atoms with Crippen LogP contribution in [-0.2, 0) is 9.59 Å². The van der Waals surface area contributed by atoms with Gasteiger partial charge in [0.05, 0.1) is 5.75 Å². The number of thioether (sulfide) groups is 1. The van der Waals surface area contributed by atoms with E-state index in [0.29, 0.717) is 12.2 Å². The lowest BCUT2D eigenvalue weighted by atomic mass is 10.1. The van der Waals surface area contributed by atoms with Crippen LogP contribution in [0, 0.1) is 6.92 Å². The minimum atomic E-state index is -0.0715. The number of carbonyl (C=O) groups excluding carboxylic acids is 2. The number of amides is 2. The summed E-state index contributed by atoms with van der Waals surface area (Å²) >= 11 is 1.61. The molecule has 0 bridgehead atoms. The molecule has 1 aliphatic rings. The molecule has 1 heterocycles. The van der Waals surface area contributed by atoms with E-state index in [1.165, 1.54) is 0 Å². The van der Waals surface area contributed by atoms with Gasteiger partial charge in [-0.3, -0.25) is 14.5 Å². The number of aryl methyl sites for hydroxylation is 1. The molecule has 2 aromatic rings. The number of hydrogen-bond donors (Lipinski definition) is 1. The van der Waals surface area contributed by atoms with Crippen LogP contribution < -0.4 is 10.2 Å². The zero-order valence-corrected chi connectivity index (χ0v) is 14.6. The fourth-order valence-electron chi connectivity index (χ4n) is 2.75. The number of hydrogen-bond acceptors (Lipinski definition) is 3. The number of rotatable bonds is 4. The summed E-state index contributed by atoms with van der Waals surface area (Å²) in [7, 11) is 0. The zero-order valence-electron chi connectivity index (χ0n) is 13.8. The second-order valence-corrected chi connectivity index (χ2v) is 6.86. The average molecular weight is 340 g/mol. The lowest BCUT2D eigenvalue weighted by molar-refractivity contribution is -0.116. The maximum Gasteiger partial charge on any atom is 0.238 e. The third-order valence-electron chi connectivity index (χ3n) is 3.92. The smallest absolute Gasteiger partial charge is 0.238 e. The fourth-order valence-corrected chi connectivity index (χ4v) is 3.91. The Balaban J connectivity index is 1.91. The summed E-state index contributed by atoms with van der Waals surface area (Å²) in [5, 5.41) is 2.81. The van der Waals surface area contributed by atoms with Gasteiger partial charge in [-0.2, -0.15) is 0 Å². The summed E-state index contributed by atoms with van der Waals surface area (Å²) in [5.41, 5.74) is 3.82. The summed E-state index contributed by atoms with van der Waals surface area (Å²) in [5.74, 6) is 0.556. The van der Waals surface area contributed by atoms with Crippen molar-refractivity contribution in [2.45, 2.75) is 25.6 Å². The van der Waals surface area contributed by atoms with Crippen LogP contribution in [0.25, 0.3) is 0 Å². The van der Waals surface area contributed by atoms with E-state index in [4.69, 9.17) is 0 Å². The Labute approximate surface area is 146 Å². The van der Waals surface area contributed by atoms with Crippen molar-refractivity contribution in [2.24, 2.45) is 0 Å². The van der Waals surface area contributed by atoms with Crippen LogP contribution >= 0.6 is 11.8 Å². The van der Waals surface area contributed by atoms with Gasteiger partial charge in [0, 0.05) is 17.8 Å². The Morgan fingerprint density at radius 2 is 2.04 bits per heavy atom. The normalized spacial score (nSPS) is 17.2. The number of nitrogens with zero attached hydrogens (tertiary/aromatic N) is 1. The van der Waals surface area contributed by atoms with Crippen LogP contribution in [0.15, 0.2) is 48.5 Å². The molecule has 0 aromatic heterocycles. The summed E-state index contributed by atoms with van der Waals surface area (Å²) in [6.07, 6.45) is 0.441. The van der Waals surface area contributed by atoms with Gasteiger partial charge in [-0.25, -0.2) is 0 Å². The quantitative estimate of drug-likeness (QED) is 0.911. The van der Waals surface area contributed by atoms with E-state index < -0.39 is 0 Å². The van der Waals surface area contributed by atoms with E-state index in [-0.39, 0.29) is 17.2 Å². The first-order valence-electron chi connectivity index (χ1n) is 7.98.